The van der Waals surface area contributed by atoms with E-state index >= 15 is 0 Å². The standard InChI is InChI=1S/C18H27N3O/c22-18(19-17-8-4-5-9-17)21-14-12-20(13-15-21)11-10-16-6-2-1-3-7-16/h1-3,6-7,17H,4-5,8-15H2,(H,19,22). The summed E-state index contributed by atoms with van der Waals surface area (Å²) in [4.78, 5) is 16.7. The van der Waals surface area contributed by atoms with E-state index in [1.807, 2.05) is 4.90 Å². The number of urea groups is 1. The van der Waals surface area contributed by atoms with E-state index in [0.717, 1.165) is 52.0 Å². The summed E-state index contributed by atoms with van der Waals surface area (Å²) in [5, 5.41) is 3.19. The van der Waals surface area contributed by atoms with E-state index in [-0.39, 0.29) is 6.03 Å². The lowest BCUT2D eigenvalue weighted by Gasteiger charge is -2.35. The number of hydrogen-bond acceptors (Lipinski definition) is 2. The van der Waals surface area contributed by atoms with Gasteiger partial charge in [0.15, 0.2) is 0 Å². The monoisotopic (exact) mass is 301 g/mol. The van der Waals surface area contributed by atoms with Crippen LogP contribution in [0, 0.1) is 0 Å². The summed E-state index contributed by atoms with van der Waals surface area (Å²) in [5.41, 5.74) is 1.39. The molecule has 1 heterocycles. The fourth-order valence-corrected chi connectivity index (χ4v) is 3.44. The van der Waals surface area contributed by atoms with E-state index in [1.165, 1.54) is 18.4 Å². The van der Waals surface area contributed by atoms with Crippen LogP contribution < -0.4 is 5.32 Å². The van der Waals surface area contributed by atoms with Crippen molar-refractivity contribution in [3.05, 3.63) is 35.9 Å². The highest BCUT2D eigenvalue weighted by Gasteiger charge is 2.24. The minimum absolute atomic E-state index is 0.148. The fourth-order valence-electron chi connectivity index (χ4n) is 3.44. The first kappa shape index (κ1) is 15.3. The molecule has 0 atom stereocenters. The van der Waals surface area contributed by atoms with Gasteiger partial charge in [0.05, 0.1) is 0 Å². The van der Waals surface area contributed by atoms with Gasteiger partial charge in [0.2, 0.25) is 0 Å². The Balaban J connectivity index is 1.37. The lowest BCUT2D eigenvalue weighted by atomic mass is 10.1. The van der Waals surface area contributed by atoms with Gasteiger partial charge in [-0.25, -0.2) is 4.79 Å². The first-order chi connectivity index (χ1) is 10.8. The number of benzene rings is 1. The van der Waals surface area contributed by atoms with Gasteiger partial charge in [-0.1, -0.05) is 43.2 Å². The summed E-state index contributed by atoms with van der Waals surface area (Å²) in [7, 11) is 0. The molecule has 2 amide bonds. The molecule has 1 saturated carbocycles. The second-order valence-electron chi connectivity index (χ2n) is 6.50. The van der Waals surface area contributed by atoms with Crippen molar-refractivity contribution in [3.8, 4) is 0 Å². The predicted octanol–water partition coefficient (Wildman–Crippen LogP) is 2.50. The molecular formula is C18H27N3O. The van der Waals surface area contributed by atoms with Gasteiger partial charge in [-0.15, -0.1) is 0 Å². The zero-order chi connectivity index (χ0) is 15.2. The van der Waals surface area contributed by atoms with Gasteiger partial charge in [0.25, 0.3) is 0 Å². The highest BCUT2D eigenvalue weighted by Crippen LogP contribution is 2.18. The molecule has 1 aliphatic heterocycles. The third kappa shape index (κ3) is 4.23. The van der Waals surface area contributed by atoms with Crippen molar-refractivity contribution in [2.75, 3.05) is 32.7 Å². The second kappa shape index (κ2) is 7.63. The summed E-state index contributed by atoms with van der Waals surface area (Å²) in [5.74, 6) is 0. The van der Waals surface area contributed by atoms with Crippen molar-refractivity contribution in [1.29, 1.82) is 0 Å². The van der Waals surface area contributed by atoms with Crippen LogP contribution in [0.25, 0.3) is 0 Å². The zero-order valence-electron chi connectivity index (χ0n) is 13.3. The number of nitrogens with one attached hydrogen (secondary N) is 1. The van der Waals surface area contributed by atoms with Crippen LogP contribution in [0.15, 0.2) is 30.3 Å². The topological polar surface area (TPSA) is 35.6 Å². The number of rotatable bonds is 4. The van der Waals surface area contributed by atoms with E-state index in [9.17, 15) is 4.79 Å². The Labute approximate surface area is 133 Å². The number of carbonyl (C=O) groups is 1. The minimum Gasteiger partial charge on any atom is -0.335 e. The molecular weight excluding hydrogens is 274 g/mol. The van der Waals surface area contributed by atoms with Gasteiger partial charge in [-0.05, 0) is 24.8 Å². The average molecular weight is 301 g/mol. The van der Waals surface area contributed by atoms with Crippen LogP contribution in [0.1, 0.15) is 31.2 Å². The lowest BCUT2D eigenvalue weighted by molar-refractivity contribution is 0.138. The predicted molar refractivity (Wildman–Crippen MR) is 88.9 cm³/mol. The molecule has 2 fully saturated rings. The van der Waals surface area contributed by atoms with Crippen LogP contribution in [-0.4, -0.2) is 54.6 Å². The summed E-state index contributed by atoms with van der Waals surface area (Å²) < 4.78 is 0. The first-order valence-electron chi connectivity index (χ1n) is 8.63. The molecule has 1 aromatic carbocycles. The largest absolute Gasteiger partial charge is 0.335 e. The molecule has 1 saturated heterocycles. The van der Waals surface area contributed by atoms with E-state index in [2.05, 4.69) is 40.5 Å². The third-order valence-electron chi connectivity index (χ3n) is 4.90. The first-order valence-corrected chi connectivity index (χ1v) is 8.63. The van der Waals surface area contributed by atoms with Gasteiger partial charge in [-0.2, -0.15) is 0 Å². The van der Waals surface area contributed by atoms with E-state index < -0.39 is 0 Å². The lowest BCUT2D eigenvalue weighted by Crippen LogP contribution is -2.53. The van der Waals surface area contributed by atoms with E-state index in [0.29, 0.717) is 6.04 Å². The van der Waals surface area contributed by atoms with Crippen molar-refractivity contribution < 1.29 is 4.79 Å². The van der Waals surface area contributed by atoms with Crippen LogP contribution in [0.4, 0.5) is 4.79 Å². The maximum Gasteiger partial charge on any atom is 0.317 e. The van der Waals surface area contributed by atoms with Crippen LogP contribution >= 0.6 is 0 Å². The number of piperazine rings is 1. The van der Waals surface area contributed by atoms with Crippen LogP contribution in [-0.2, 0) is 6.42 Å². The molecule has 22 heavy (non-hydrogen) atoms. The Morgan fingerprint density at radius 3 is 2.41 bits per heavy atom. The maximum absolute atomic E-state index is 12.2. The molecule has 1 aliphatic carbocycles. The molecule has 0 aromatic heterocycles. The number of hydrogen-bond donors (Lipinski definition) is 1. The Kier molecular flexibility index (Phi) is 5.33. The van der Waals surface area contributed by atoms with Crippen LogP contribution in [0.3, 0.4) is 0 Å². The van der Waals surface area contributed by atoms with Gasteiger partial charge in [0.1, 0.15) is 0 Å². The van der Waals surface area contributed by atoms with Gasteiger partial charge < -0.3 is 10.2 Å². The number of nitrogens with zero attached hydrogens (tertiary/aromatic N) is 2. The molecule has 1 N–H and O–H groups in total. The third-order valence-corrected chi connectivity index (χ3v) is 4.90. The molecule has 0 bridgehead atoms. The quantitative estimate of drug-likeness (QED) is 0.927. The minimum atomic E-state index is 0.148. The Bertz CT molecular complexity index is 462. The molecule has 0 radical (unpaired) electrons. The molecule has 0 spiro atoms. The molecule has 4 nitrogen and oxygen atoms in total. The second-order valence-corrected chi connectivity index (χ2v) is 6.50. The van der Waals surface area contributed by atoms with Crippen molar-refractivity contribution in [2.45, 2.75) is 38.1 Å². The smallest absolute Gasteiger partial charge is 0.317 e. The number of amides is 2. The average Bonchev–Trinajstić information content (AvgIpc) is 3.07. The highest BCUT2D eigenvalue weighted by molar-refractivity contribution is 5.74. The van der Waals surface area contributed by atoms with Crippen molar-refractivity contribution in [3.63, 3.8) is 0 Å². The molecule has 0 unspecified atom stereocenters. The SMILES string of the molecule is O=C(NC1CCCC1)N1CCN(CCc2ccccc2)CC1. The Morgan fingerprint density at radius 1 is 1.05 bits per heavy atom. The zero-order valence-corrected chi connectivity index (χ0v) is 13.3. The maximum atomic E-state index is 12.2. The number of carbonyl (C=O) groups excluding carboxylic acids is 1. The van der Waals surface area contributed by atoms with E-state index in [4.69, 9.17) is 0 Å². The summed E-state index contributed by atoms with van der Waals surface area (Å²) in [6, 6.07) is 11.2. The molecule has 1 aromatic rings. The Hall–Kier alpha value is -1.55. The Morgan fingerprint density at radius 2 is 1.73 bits per heavy atom. The van der Waals surface area contributed by atoms with Crippen molar-refractivity contribution in [2.24, 2.45) is 0 Å². The molecule has 4 heteroatoms. The molecule has 2 aliphatic rings. The summed E-state index contributed by atoms with van der Waals surface area (Å²) in [6.07, 6.45) is 5.93. The summed E-state index contributed by atoms with van der Waals surface area (Å²) >= 11 is 0. The van der Waals surface area contributed by atoms with Gasteiger partial charge in [0, 0.05) is 38.8 Å². The fraction of sp³-hybridized carbons (Fsp3) is 0.611. The highest BCUT2D eigenvalue weighted by atomic mass is 16.2. The van der Waals surface area contributed by atoms with Crippen molar-refractivity contribution in [1.82, 2.24) is 15.1 Å². The molecule has 120 valence electrons. The van der Waals surface area contributed by atoms with Gasteiger partial charge in [-0.3, -0.25) is 4.90 Å². The van der Waals surface area contributed by atoms with Crippen LogP contribution in [0.2, 0.25) is 0 Å². The van der Waals surface area contributed by atoms with Gasteiger partial charge >= 0.3 is 6.03 Å². The summed E-state index contributed by atoms with van der Waals surface area (Å²) in [6.45, 7) is 4.78. The van der Waals surface area contributed by atoms with Crippen LogP contribution in [0.5, 0.6) is 0 Å². The molecule has 3 rings (SSSR count). The normalized spacial score (nSPS) is 20.3. The van der Waals surface area contributed by atoms with Crippen molar-refractivity contribution >= 4 is 6.03 Å². The van der Waals surface area contributed by atoms with E-state index in [1.54, 1.807) is 0 Å².